The number of ether oxygens (including phenoxy) is 1. The Morgan fingerprint density at radius 1 is 0.917 bits per heavy atom. The van der Waals surface area contributed by atoms with Crippen molar-refractivity contribution in [2.75, 3.05) is 6.61 Å². The van der Waals surface area contributed by atoms with E-state index in [4.69, 9.17) is 9.26 Å². The summed E-state index contributed by atoms with van der Waals surface area (Å²) < 4.78 is 12.0. The second kappa shape index (κ2) is 7.00. The molecule has 200 valence electrons. The quantitative estimate of drug-likeness (QED) is 0.429. The van der Waals surface area contributed by atoms with Gasteiger partial charge in [-0.1, -0.05) is 53.6 Å². The van der Waals surface area contributed by atoms with Gasteiger partial charge < -0.3 is 14.4 Å². The molecule has 5 fully saturated rings. The molecule has 4 nitrogen and oxygen atoms in total. The predicted octanol–water partition coefficient (Wildman–Crippen LogP) is 6.94. The first kappa shape index (κ1) is 24.2. The standard InChI is InChI=1S/C32H49NO3/c1-27(2)10-12-32(24-18-35-24)13-11-31(7)25(20(32)16-27)21(34)14-23-29(5)15-19-17-33-36-26(19)28(3,4)22(29)8-9-30(23,31)6/h17,20-25,34H,8-16,18H2,1-7H3/t20-,21?,22-,23+,24+,25?,29-,30+,31+,32-/m0/s1. The molecule has 36 heavy (non-hydrogen) atoms. The van der Waals surface area contributed by atoms with Crippen molar-refractivity contribution in [2.45, 2.75) is 124 Å². The summed E-state index contributed by atoms with van der Waals surface area (Å²) >= 11 is 0. The molecule has 1 aromatic heterocycles. The maximum Gasteiger partial charge on any atom is 0.145 e. The fourth-order valence-corrected chi connectivity index (χ4v) is 12.3. The lowest BCUT2D eigenvalue weighted by Crippen LogP contribution is -2.70. The summed E-state index contributed by atoms with van der Waals surface area (Å²) in [6.45, 7) is 18.5. The van der Waals surface area contributed by atoms with Crippen LogP contribution in [-0.4, -0.2) is 29.1 Å². The number of fused-ring (bicyclic) bond motifs is 8. The fraction of sp³-hybridized carbons (Fsp3) is 0.906. The zero-order valence-corrected chi connectivity index (χ0v) is 23.8. The Morgan fingerprint density at radius 3 is 2.36 bits per heavy atom. The van der Waals surface area contributed by atoms with Crippen LogP contribution in [0.1, 0.15) is 111 Å². The molecule has 2 heterocycles. The lowest BCUT2D eigenvalue weighted by molar-refractivity contribution is -0.268. The van der Waals surface area contributed by atoms with Crippen molar-refractivity contribution in [1.29, 1.82) is 0 Å². The highest BCUT2D eigenvalue weighted by molar-refractivity contribution is 5.33. The monoisotopic (exact) mass is 495 g/mol. The highest BCUT2D eigenvalue weighted by Gasteiger charge is 2.73. The second-order valence-corrected chi connectivity index (χ2v) is 16.4. The molecule has 4 heteroatoms. The molecule has 6 aliphatic rings. The zero-order valence-electron chi connectivity index (χ0n) is 23.8. The van der Waals surface area contributed by atoms with Gasteiger partial charge in [0.15, 0.2) is 0 Å². The third-order valence-corrected chi connectivity index (χ3v) is 14.2. The molecule has 7 rings (SSSR count). The first-order valence-corrected chi connectivity index (χ1v) is 15.0. The zero-order chi connectivity index (χ0) is 25.5. The predicted molar refractivity (Wildman–Crippen MR) is 140 cm³/mol. The van der Waals surface area contributed by atoms with Gasteiger partial charge in [-0.15, -0.1) is 0 Å². The van der Waals surface area contributed by atoms with Gasteiger partial charge in [-0.25, -0.2) is 0 Å². The second-order valence-electron chi connectivity index (χ2n) is 16.4. The van der Waals surface area contributed by atoms with E-state index in [9.17, 15) is 5.11 Å². The summed E-state index contributed by atoms with van der Waals surface area (Å²) in [4.78, 5) is 0. The summed E-state index contributed by atoms with van der Waals surface area (Å²) in [5.41, 5.74) is 2.53. The summed E-state index contributed by atoms with van der Waals surface area (Å²) in [5.74, 6) is 3.17. The molecule has 2 unspecified atom stereocenters. The molecule has 0 aromatic carbocycles. The molecule has 0 amide bonds. The summed E-state index contributed by atoms with van der Waals surface area (Å²) in [7, 11) is 0. The van der Waals surface area contributed by atoms with Gasteiger partial charge >= 0.3 is 0 Å². The molecule has 10 atom stereocenters. The van der Waals surface area contributed by atoms with Gasteiger partial charge in [0.05, 0.1) is 25.0 Å². The van der Waals surface area contributed by atoms with Crippen LogP contribution in [0.5, 0.6) is 0 Å². The van der Waals surface area contributed by atoms with E-state index in [1.807, 2.05) is 6.20 Å². The third-order valence-electron chi connectivity index (χ3n) is 14.2. The van der Waals surface area contributed by atoms with Gasteiger partial charge in [-0.05, 0) is 103 Å². The van der Waals surface area contributed by atoms with Gasteiger partial charge in [0, 0.05) is 16.4 Å². The Balaban J connectivity index is 1.32. The van der Waals surface area contributed by atoms with Crippen LogP contribution in [0.4, 0.5) is 0 Å². The van der Waals surface area contributed by atoms with Crippen LogP contribution in [0, 0.1) is 50.7 Å². The summed E-state index contributed by atoms with van der Waals surface area (Å²) in [6.07, 6.45) is 13.1. The average molecular weight is 496 g/mol. The minimum Gasteiger partial charge on any atom is -0.393 e. The van der Waals surface area contributed by atoms with Gasteiger partial charge in [0.2, 0.25) is 0 Å². The van der Waals surface area contributed by atoms with Gasteiger partial charge in [0.1, 0.15) is 5.76 Å². The van der Waals surface area contributed by atoms with Crippen LogP contribution in [-0.2, 0) is 16.6 Å². The topological polar surface area (TPSA) is 58.8 Å². The Hall–Kier alpha value is -0.870. The molecule has 4 saturated carbocycles. The van der Waals surface area contributed by atoms with Gasteiger partial charge in [0.25, 0.3) is 0 Å². The molecule has 1 saturated heterocycles. The van der Waals surface area contributed by atoms with Crippen LogP contribution < -0.4 is 0 Å². The molecular formula is C32H49NO3. The average Bonchev–Trinajstić information content (AvgIpc) is 3.53. The third kappa shape index (κ3) is 2.77. The van der Waals surface area contributed by atoms with E-state index in [1.54, 1.807) is 0 Å². The van der Waals surface area contributed by atoms with E-state index >= 15 is 0 Å². The number of nitrogens with zero attached hydrogens (tertiary/aromatic N) is 1. The van der Waals surface area contributed by atoms with Gasteiger partial charge in [-0.2, -0.15) is 0 Å². The SMILES string of the molecule is CC1(C)CC[C@]2([C@H]3CO3)CC[C@]3(C)C(C(O)C[C@@H]4[C@@]5(C)Cc6cnoc6C(C)(C)[C@@H]5CC[C@]43C)[C@@H]2C1. The molecule has 1 N–H and O–H groups in total. The molecule has 0 bridgehead atoms. The smallest absolute Gasteiger partial charge is 0.145 e. The number of aromatic nitrogens is 1. The maximum atomic E-state index is 12.3. The van der Waals surface area contributed by atoms with Gasteiger partial charge in [-0.3, -0.25) is 0 Å². The van der Waals surface area contributed by atoms with E-state index in [0.717, 1.165) is 25.2 Å². The Kier molecular flexibility index (Phi) is 4.71. The van der Waals surface area contributed by atoms with Crippen LogP contribution in [0.3, 0.4) is 0 Å². The first-order valence-electron chi connectivity index (χ1n) is 15.0. The lowest BCUT2D eigenvalue weighted by Gasteiger charge is -2.74. The Morgan fingerprint density at radius 2 is 1.64 bits per heavy atom. The lowest BCUT2D eigenvalue weighted by atomic mass is 9.31. The molecular weight excluding hydrogens is 446 g/mol. The highest BCUT2D eigenvalue weighted by Crippen LogP contribution is 2.77. The fourth-order valence-electron chi connectivity index (χ4n) is 12.3. The van der Waals surface area contributed by atoms with Crippen molar-refractivity contribution >= 4 is 0 Å². The number of hydrogen-bond donors (Lipinski definition) is 1. The number of aliphatic hydroxyl groups is 1. The van der Waals surface area contributed by atoms with Crippen molar-refractivity contribution in [1.82, 2.24) is 5.16 Å². The number of rotatable bonds is 1. The number of epoxide rings is 1. The molecule has 1 aliphatic heterocycles. The van der Waals surface area contributed by atoms with Crippen molar-refractivity contribution < 1.29 is 14.4 Å². The van der Waals surface area contributed by atoms with Crippen molar-refractivity contribution in [3.63, 3.8) is 0 Å². The van der Waals surface area contributed by atoms with E-state index in [2.05, 4.69) is 53.6 Å². The Labute approximate surface area is 218 Å². The van der Waals surface area contributed by atoms with E-state index < -0.39 is 0 Å². The molecule has 5 aliphatic carbocycles. The minimum atomic E-state index is -0.215. The van der Waals surface area contributed by atoms with E-state index in [-0.39, 0.29) is 27.8 Å². The Bertz CT molecular complexity index is 1070. The largest absolute Gasteiger partial charge is 0.393 e. The number of hydrogen-bond acceptors (Lipinski definition) is 4. The van der Waals surface area contributed by atoms with Crippen LogP contribution in [0.2, 0.25) is 0 Å². The summed E-state index contributed by atoms with van der Waals surface area (Å²) in [5, 5.41) is 16.5. The maximum absolute atomic E-state index is 12.3. The highest BCUT2D eigenvalue weighted by atomic mass is 16.6. The van der Waals surface area contributed by atoms with Crippen LogP contribution in [0.15, 0.2) is 10.7 Å². The summed E-state index contributed by atoms with van der Waals surface area (Å²) in [6, 6.07) is 0. The molecule has 0 radical (unpaired) electrons. The van der Waals surface area contributed by atoms with E-state index in [1.165, 1.54) is 50.5 Å². The number of aliphatic hydroxyl groups excluding tert-OH is 1. The van der Waals surface area contributed by atoms with Crippen molar-refractivity contribution in [3.05, 3.63) is 17.5 Å². The molecule has 1 aromatic rings. The van der Waals surface area contributed by atoms with Crippen molar-refractivity contribution in [2.24, 2.45) is 50.7 Å². The minimum absolute atomic E-state index is 0.0126. The van der Waals surface area contributed by atoms with E-state index in [0.29, 0.717) is 40.6 Å². The molecule has 0 spiro atoms. The van der Waals surface area contributed by atoms with Crippen LogP contribution in [0.25, 0.3) is 0 Å². The van der Waals surface area contributed by atoms with Crippen molar-refractivity contribution in [3.8, 4) is 0 Å². The van der Waals surface area contributed by atoms with Crippen LogP contribution >= 0.6 is 0 Å². The first-order chi connectivity index (χ1) is 16.8. The normalized spacial score (nSPS) is 54.3.